The van der Waals surface area contributed by atoms with E-state index in [1.165, 1.54) is 10.9 Å². The highest BCUT2D eigenvalue weighted by atomic mass is 16.6. The van der Waals surface area contributed by atoms with Crippen LogP contribution in [0, 0.1) is 10.1 Å². The standard InChI is InChI=1S/C10H16N4O3/c1-13-6-12-9(14(15)16)10(13)17-8-4-2-3-7(11)5-8/h6-8H,2-5,11H2,1H3. The average Bonchev–Trinajstić information content (AvgIpc) is 2.61. The molecule has 2 atom stereocenters. The van der Waals surface area contributed by atoms with E-state index in [9.17, 15) is 10.1 Å². The first-order chi connectivity index (χ1) is 8.08. The van der Waals surface area contributed by atoms with Crippen molar-refractivity contribution in [3.05, 3.63) is 16.4 Å². The van der Waals surface area contributed by atoms with Crippen LogP contribution in [0.5, 0.6) is 5.88 Å². The molecule has 2 unspecified atom stereocenters. The van der Waals surface area contributed by atoms with Gasteiger partial charge in [-0.05, 0) is 35.6 Å². The van der Waals surface area contributed by atoms with Crippen molar-refractivity contribution in [1.82, 2.24) is 9.55 Å². The van der Waals surface area contributed by atoms with Crippen LogP contribution in [0.2, 0.25) is 0 Å². The molecule has 2 rings (SSSR count). The molecule has 1 aliphatic rings. The second-order valence-electron chi connectivity index (χ2n) is 4.41. The minimum atomic E-state index is -0.530. The van der Waals surface area contributed by atoms with Gasteiger partial charge in [-0.25, -0.2) is 0 Å². The van der Waals surface area contributed by atoms with Crippen molar-refractivity contribution in [2.24, 2.45) is 12.8 Å². The van der Waals surface area contributed by atoms with Crippen LogP contribution >= 0.6 is 0 Å². The number of imidazole rings is 1. The largest absolute Gasteiger partial charge is 0.469 e. The molecule has 1 heterocycles. The quantitative estimate of drug-likeness (QED) is 0.627. The zero-order valence-electron chi connectivity index (χ0n) is 9.70. The van der Waals surface area contributed by atoms with Crippen LogP contribution in [-0.4, -0.2) is 26.6 Å². The molecule has 0 radical (unpaired) electrons. The Kier molecular flexibility index (Phi) is 3.28. The lowest BCUT2D eigenvalue weighted by atomic mass is 9.94. The van der Waals surface area contributed by atoms with Crippen LogP contribution < -0.4 is 10.5 Å². The maximum Gasteiger partial charge on any atom is 0.426 e. The molecule has 0 bridgehead atoms. The Bertz CT molecular complexity index is 418. The van der Waals surface area contributed by atoms with E-state index in [-0.39, 0.29) is 23.8 Å². The predicted molar refractivity (Wildman–Crippen MR) is 60.7 cm³/mol. The zero-order chi connectivity index (χ0) is 12.4. The fourth-order valence-corrected chi connectivity index (χ4v) is 2.11. The number of hydrogen-bond acceptors (Lipinski definition) is 5. The summed E-state index contributed by atoms with van der Waals surface area (Å²) in [7, 11) is 1.68. The molecule has 0 amide bonds. The lowest BCUT2D eigenvalue weighted by molar-refractivity contribution is -0.390. The highest BCUT2D eigenvalue weighted by Crippen LogP contribution is 2.28. The number of nitrogens with two attached hydrogens (primary N) is 1. The van der Waals surface area contributed by atoms with E-state index in [2.05, 4.69) is 4.98 Å². The van der Waals surface area contributed by atoms with E-state index in [0.29, 0.717) is 0 Å². The van der Waals surface area contributed by atoms with E-state index in [1.54, 1.807) is 7.05 Å². The van der Waals surface area contributed by atoms with Gasteiger partial charge in [0.1, 0.15) is 6.10 Å². The van der Waals surface area contributed by atoms with E-state index < -0.39 is 4.92 Å². The van der Waals surface area contributed by atoms with E-state index in [0.717, 1.165) is 25.7 Å². The van der Waals surface area contributed by atoms with Gasteiger partial charge in [-0.1, -0.05) is 0 Å². The van der Waals surface area contributed by atoms with Crippen LogP contribution in [0.4, 0.5) is 5.82 Å². The summed E-state index contributed by atoms with van der Waals surface area (Å²) in [5.41, 5.74) is 5.85. The molecule has 7 nitrogen and oxygen atoms in total. The molecule has 0 aromatic carbocycles. The summed E-state index contributed by atoms with van der Waals surface area (Å²) < 4.78 is 7.19. The van der Waals surface area contributed by atoms with Gasteiger partial charge in [-0.3, -0.25) is 4.57 Å². The van der Waals surface area contributed by atoms with E-state index in [1.807, 2.05) is 0 Å². The normalized spacial score (nSPS) is 24.6. The number of aryl methyl sites for hydroxylation is 1. The molecule has 1 saturated carbocycles. The molecule has 2 N–H and O–H groups in total. The van der Waals surface area contributed by atoms with Gasteiger partial charge in [0.2, 0.25) is 6.33 Å². The highest BCUT2D eigenvalue weighted by molar-refractivity contribution is 5.33. The molecule has 0 aliphatic heterocycles. The fraction of sp³-hybridized carbons (Fsp3) is 0.700. The monoisotopic (exact) mass is 240 g/mol. The zero-order valence-corrected chi connectivity index (χ0v) is 9.70. The summed E-state index contributed by atoms with van der Waals surface area (Å²) in [6.45, 7) is 0. The number of nitro groups is 1. The second kappa shape index (κ2) is 4.70. The predicted octanol–water partition coefficient (Wildman–Crippen LogP) is 0.977. The van der Waals surface area contributed by atoms with Gasteiger partial charge in [0.25, 0.3) is 5.88 Å². The minimum Gasteiger partial charge on any atom is -0.469 e. The van der Waals surface area contributed by atoms with Crippen molar-refractivity contribution >= 4 is 5.82 Å². The Balaban J connectivity index is 2.12. The lowest BCUT2D eigenvalue weighted by Gasteiger charge is -2.26. The number of aromatic nitrogens is 2. The van der Waals surface area contributed by atoms with Gasteiger partial charge in [-0.15, -0.1) is 0 Å². The third-order valence-corrected chi connectivity index (χ3v) is 2.98. The molecule has 1 aromatic rings. The first-order valence-electron chi connectivity index (χ1n) is 5.66. The van der Waals surface area contributed by atoms with Crippen LogP contribution in [0.3, 0.4) is 0 Å². The summed E-state index contributed by atoms with van der Waals surface area (Å²) in [4.78, 5) is 13.9. The summed E-state index contributed by atoms with van der Waals surface area (Å²) >= 11 is 0. The maximum absolute atomic E-state index is 10.8. The summed E-state index contributed by atoms with van der Waals surface area (Å²) in [6.07, 6.45) is 4.95. The van der Waals surface area contributed by atoms with E-state index >= 15 is 0 Å². The topological polar surface area (TPSA) is 96.2 Å². The second-order valence-corrected chi connectivity index (χ2v) is 4.41. The van der Waals surface area contributed by atoms with Gasteiger partial charge in [-0.2, -0.15) is 0 Å². The molecule has 0 saturated heterocycles. The van der Waals surface area contributed by atoms with Crippen LogP contribution in [0.15, 0.2) is 6.33 Å². The maximum atomic E-state index is 10.8. The Labute approximate surface area is 98.7 Å². The Hall–Kier alpha value is -1.63. The first kappa shape index (κ1) is 11.8. The smallest absolute Gasteiger partial charge is 0.426 e. The van der Waals surface area contributed by atoms with Gasteiger partial charge in [0, 0.05) is 13.1 Å². The van der Waals surface area contributed by atoms with Crippen molar-refractivity contribution in [2.45, 2.75) is 37.8 Å². The molecular weight excluding hydrogens is 224 g/mol. The van der Waals surface area contributed by atoms with Crippen LogP contribution in [0.25, 0.3) is 0 Å². The Morgan fingerprint density at radius 2 is 2.41 bits per heavy atom. The van der Waals surface area contributed by atoms with E-state index in [4.69, 9.17) is 10.5 Å². The number of nitrogens with zero attached hydrogens (tertiary/aromatic N) is 3. The van der Waals surface area contributed by atoms with Crippen molar-refractivity contribution < 1.29 is 9.66 Å². The Morgan fingerprint density at radius 3 is 3.06 bits per heavy atom. The SMILES string of the molecule is Cn1cnc([N+](=O)[O-])c1OC1CCCC(N)C1. The van der Waals surface area contributed by atoms with Gasteiger partial charge in [0.15, 0.2) is 0 Å². The first-order valence-corrected chi connectivity index (χ1v) is 5.66. The van der Waals surface area contributed by atoms with Gasteiger partial charge < -0.3 is 20.6 Å². The lowest BCUT2D eigenvalue weighted by Crippen LogP contribution is -2.34. The average molecular weight is 240 g/mol. The molecule has 94 valence electrons. The summed E-state index contributed by atoms with van der Waals surface area (Å²) in [5.74, 6) is -0.0132. The molecule has 17 heavy (non-hydrogen) atoms. The fourth-order valence-electron chi connectivity index (χ4n) is 2.11. The third kappa shape index (κ3) is 2.55. The molecule has 1 fully saturated rings. The van der Waals surface area contributed by atoms with Crippen molar-refractivity contribution in [2.75, 3.05) is 0 Å². The molecule has 1 aromatic heterocycles. The highest BCUT2D eigenvalue weighted by Gasteiger charge is 2.27. The van der Waals surface area contributed by atoms with Crippen molar-refractivity contribution in [3.8, 4) is 5.88 Å². The number of ether oxygens (including phenoxy) is 1. The summed E-state index contributed by atoms with van der Waals surface area (Å²) in [6, 6.07) is 0.126. The molecule has 7 heteroatoms. The molecule has 0 spiro atoms. The van der Waals surface area contributed by atoms with Gasteiger partial charge >= 0.3 is 5.82 Å². The number of rotatable bonds is 3. The minimum absolute atomic E-state index is 0.0483. The number of hydrogen-bond donors (Lipinski definition) is 1. The van der Waals surface area contributed by atoms with Crippen LogP contribution in [-0.2, 0) is 7.05 Å². The van der Waals surface area contributed by atoms with Crippen molar-refractivity contribution in [1.29, 1.82) is 0 Å². The van der Waals surface area contributed by atoms with Gasteiger partial charge in [0.05, 0.1) is 0 Å². The third-order valence-electron chi connectivity index (χ3n) is 2.98. The molecular formula is C10H16N4O3. The Morgan fingerprint density at radius 1 is 1.65 bits per heavy atom. The van der Waals surface area contributed by atoms with Crippen LogP contribution in [0.1, 0.15) is 25.7 Å². The molecule has 1 aliphatic carbocycles. The summed E-state index contributed by atoms with van der Waals surface area (Å²) in [5, 5.41) is 10.8. The van der Waals surface area contributed by atoms with Crippen molar-refractivity contribution in [3.63, 3.8) is 0 Å².